The van der Waals surface area contributed by atoms with Crippen molar-refractivity contribution in [3.63, 3.8) is 0 Å². The van der Waals surface area contributed by atoms with Gasteiger partial charge in [0.15, 0.2) is 11.6 Å². The molecule has 6 heteroatoms. The predicted octanol–water partition coefficient (Wildman–Crippen LogP) is 3.38. The van der Waals surface area contributed by atoms with E-state index in [9.17, 15) is 10.4 Å². The Hall–Kier alpha value is -0.710. The molecule has 6 aliphatic rings. The second-order valence-corrected chi connectivity index (χ2v) is 11.4. The van der Waals surface area contributed by atoms with Gasteiger partial charge in [0.25, 0.3) is 0 Å². The van der Waals surface area contributed by atoms with Crippen LogP contribution in [0.2, 0.25) is 0 Å². The lowest BCUT2D eigenvalue weighted by molar-refractivity contribution is -0.304. The first-order chi connectivity index (χ1) is 14.3. The van der Waals surface area contributed by atoms with Gasteiger partial charge in [-0.3, -0.25) is 0 Å². The third kappa shape index (κ3) is 2.21. The van der Waals surface area contributed by atoms with Crippen molar-refractivity contribution >= 4 is 0 Å². The van der Waals surface area contributed by atoms with Crippen molar-refractivity contribution in [2.45, 2.75) is 82.4 Å². The second-order valence-electron chi connectivity index (χ2n) is 11.4. The number of hydrogen-bond acceptors (Lipinski definition) is 6. The molecule has 6 nitrogen and oxygen atoms in total. The van der Waals surface area contributed by atoms with E-state index in [1.165, 1.54) is 0 Å². The van der Waals surface area contributed by atoms with Crippen LogP contribution in [0.5, 0.6) is 0 Å². The molecule has 2 spiro atoms. The number of nitrogens with zero attached hydrogens (tertiary/aromatic N) is 1. The standard InChI is InChI=1S/C24H35NO5/c1-20-7-8-22(27-9-10-28-22)15-23(20,26)16(14-25)13-17-18(20)3-5-21(2)19(17)4-6-24(21)29-11-12-30-24/h16-19,26H,3-13,15H2,1-2H3/t16-,17+,18-,19-,20+,21-,23-/m0/s1. The monoisotopic (exact) mass is 417 g/mol. The van der Waals surface area contributed by atoms with Crippen LogP contribution in [0, 0.1) is 45.8 Å². The summed E-state index contributed by atoms with van der Waals surface area (Å²) in [6, 6.07) is 2.54. The summed E-state index contributed by atoms with van der Waals surface area (Å²) in [5.41, 5.74) is -1.34. The van der Waals surface area contributed by atoms with Crippen LogP contribution in [0.15, 0.2) is 0 Å². The third-order valence-corrected chi connectivity index (χ3v) is 10.7. The molecule has 0 aromatic rings. The molecule has 0 unspecified atom stereocenters. The highest BCUT2D eigenvalue weighted by Crippen LogP contribution is 2.71. The molecule has 7 atom stereocenters. The smallest absolute Gasteiger partial charge is 0.174 e. The topological polar surface area (TPSA) is 80.9 Å². The second kappa shape index (κ2) is 6.20. The van der Waals surface area contributed by atoms with Gasteiger partial charge in [0.2, 0.25) is 0 Å². The fourth-order valence-electron chi connectivity index (χ4n) is 9.06. The Labute approximate surface area is 179 Å². The average Bonchev–Trinajstić information content (AvgIpc) is 3.45. The average molecular weight is 418 g/mol. The summed E-state index contributed by atoms with van der Waals surface area (Å²) >= 11 is 0. The molecule has 6 fully saturated rings. The van der Waals surface area contributed by atoms with E-state index in [-0.39, 0.29) is 10.8 Å². The van der Waals surface area contributed by atoms with E-state index in [2.05, 4.69) is 19.9 Å². The van der Waals surface area contributed by atoms with Gasteiger partial charge in [-0.1, -0.05) is 13.8 Å². The Bertz CT molecular complexity index is 768. The number of ether oxygens (including phenoxy) is 4. The fraction of sp³-hybridized carbons (Fsp3) is 0.958. The maximum absolute atomic E-state index is 12.2. The zero-order chi connectivity index (χ0) is 20.8. The van der Waals surface area contributed by atoms with E-state index in [1.807, 2.05) is 0 Å². The normalized spacial score (nSPS) is 53.3. The zero-order valence-electron chi connectivity index (χ0n) is 18.3. The van der Waals surface area contributed by atoms with Gasteiger partial charge in [-0.15, -0.1) is 0 Å². The first kappa shape index (κ1) is 19.9. The summed E-state index contributed by atoms with van der Waals surface area (Å²) in [5, 5.41) is 22.4. The first-order valence-electron chi connectivity index (χ1n) is 12.0. The molecule has 166 valence electrons. The molecule has 2 saturated heterocycles. The van der Waals surface area contributed by atoms with Crippen LogP contribution in [-0.4, -0.2) is 48.7 Å². The van der Waals surface area contributed by atoms with Gasteiger partial charge < -0.3 is 24.1 Å². The van der Waals surface area contributed by atoms with Crippen molar-refractivity contribution in [3.8, 4) is 6.07 Å². The Morgan fingerprint density at radius 3 is 2.17 bits per heavy atom. The molecule has 4 saturated carbocycles. The number of nitriles is 1. The molecule has 30 heavy (non-hydrogen) atoms. The molecule has 0 aromatic carbocycles. The van der Waals surface area contributed by atoms with E-state index >= 15 is 0 Å². The van der Waals surface area contributed by atoms with Crippen molar-refractivity contribution in [1.29, 1.82) is 5.26 Å². The van der Waals surface area contributed by atoms with E-state index < -0.39 is 23.1 Å². The van der Waals surface area contributed by atoms with Crippen molar-refractivity contribution in [2.24, 2.45) is 34.5 Å². The highest BCUT2D eigenvalue weighted by atomic mass is 16.7. The minimum Gasteiger partial charge on any atom is -0.388 e. The maximum atomic E-state index is 12.2. The molecule has 2 aliphatic heterocycles. The zero-order valence-corrected chi connectivity index (χ0v) is 18.3. The molecule has 1 N–H and O–H groups in total. The number of fused-ring (bicyclic) bond motifs is 6. The van der Waals surface area contributed by atoms with Gasteiger partial charge in [0, 0.05) is 30.1 Å². The summed E-state index contributed by atoms with van der Waals surface area (Å²) in [7, 11) is 0. The Kier molecular flexibility index (Phi) is 4.12. The van der Waals surface area contributed by atoms with Gasteiger partial charge in [0.05, 0.1) is 44.0 Å². The molecule has 0 radical (unpaired) electrons. The largest absolute Gasteiger partial charge is 0.388 e. The van der Waals surface area contributed by atoms with Crippen LogP contribution in [0.25, 0.3) is 0 Å². The van der Waals surface area contributed by atoms with E-state index in [0.717, 1.165) is 44.9 Å². The fourth-order valence-corrected chi connectivity index (χ4v) is 9.06. The molecule has 6 rings (SSSR count). The summed E-state index contributed by atoms with van der Waals surface area (Å²) < 4.78 is 24.5. The first-order valence-corrected chi connectivity index (χ1v) is 12.0. The van der Waals surface area contributed by atoms with Crippen LogP contribution in [0.3, 0.4) is 0 Å². The summed E-state index contributed by atoms with van der Waals surface area (Å²) in [5.74, 6) is -0.172. The van der Waals surface area contributed by atoms with E-state index in [1.54, 1.807) is 0 Å². The lowest BCUT2D eigenvalue weighted by Crippen LogP contribution is -2.68. The van der Waals surface area contributed by atoms with Crippen LogP contribution in [0.4, 0.5) is 0 Å². The van der Waals surface area contributed by atoms with Gasteiger partial charge in [-0.05, 0) is 49.9 Å². The molecule has 2 heterocycles. The van der Waals surface area contributed by atoms with Crippen LogP contribution in [-0.2, 0) is 18.9 Å². The highest BCUT2D eigenvalue weighted by Gasteiger charge is 2.72. The van der Waals surface area contributed by atoms with Crippen LogP contribution in [0.1, 0.15) is 65.2 Å². The van der Waals surface area contributed by atoms with Gasteiger partial charge in [-0.25, -0.2) is 0 Å². The predicted molar refractivity (Wildman–Crippen MR) is 107 cm³/mol. The number of aliphatic hydroxyl groups is 1. The lowest BCUT2D eigenvalue weighted by Gasteiger charge is -2.66. The van der Waals surface area contributed by atoms with Gasteiger partial charge >= 0.3 is 0 Å². The molecule has 0 amide bonds. The molecule has 0 bridgehead atoms. The highest BCUT2D eigenvalue weighted by molar-refractivity contribution is 5.22. The Balaban J connectivity index is 1.37. The minimum atomic E-state index is -1.06. The summed E-state index contributed by atoms with van der Waals surface area (Å²) in [6.45, 7) is 7.17. The molecule has 4 aliphatic carbocycles. The lowest BCUT2D eigenvalue weighted by atomic mass is 9.41. The third-order valence-electron chi connectivity index (χ3n) is 10.7. The van der Waals surface area contributed by atoms with Crippen molar-refractivity contribution in [3.05, 3.63) is 0 Å². The SMILES string of the molecule is C[C@]12CC[C@H]3[C@@H](C[C@@H](C#N)[C@@]4(O)CC5(CC[C@]34C)OCCO5)[C@@H]1CCC21OCCO1. The Morgan fingerprint density at radius 2 is 1.47 bits per heavy atom. The van der Waals surface area contributed by atoms with Crippen molar-refractivity contribution < 1.29 is 24.1 Å². The molecule has 0 aromatic heterocycles. The van der Waals surface area contributed by atoms with E-state index in [0.29, 0.717) is 50.6 Å². The summed E-state index contributed by atoms with van der Waals surface area (Å²) in [6.07, 6.45) is 7.05. The maximum Gasteiger partial charge on any atom is 0.174 e. The molecular formula is C24H35NO5. The minimum absolute atomic E-state index is 0.00402. The Morgan fingerprint density at radius 1 is 0.833 bits per heavy atom. The molecular weight excluding hydrogens is 382 g/mol. The van der Waals surface area contributed by atoms with Crippen molar-refractivity contribution in [2.75, 3.05) is 26.4 Å². The summed E-state index contributed by atoms with van der Waals surface area (Å²) in [4.78, 5) is 0. The van der Waals surface area contributed by atoms with Gasteiger partial charge in [-0.2, -0.15) is 5.26 Å². The quantitative estimate of drug-likeness (QED) is 0.651. The van der Waals surface area contributed by atoms with Gasteiger partial charge in [0.1, 0.15) is 0 Å². The van der Waals surface area contributed by atoms with Crippen LogP contribution >= 0.6 is 0 Å². The number of rotatable bonds is 0. The van der Waals surface area contributed by atoms with E-state index in [4.69, 9.17) is 18.9 Å². The van der Waals surface area contributed by atoms with Crippen molar-refractivity contribution in [1.82, 2.24) is 0 Å². The van der Waals surface area contributed by atoms with Crippen LogP contribution < -0.4 is 0 Å². The number of hydrogen-bond donors (Lipinski definition) is 1.